The number of benzene rings is 1. The van der Waals surface area contributed by atoms with Gasteiger partial charge in [0.2, 0.25) is 0 Å². The standard InChI is InChI=1S/C16H20N4O3S/c1-10(2)23-14(21)8-7-13-15(22)18-16(20-19-13)24-9-11-3-5-12(17)6-4-11/h3-6,10H,7-9,17H2,1-2H3,(H,18,20,22). The maximum atomic E-state index is 12.0. The number of rotatable bonds is 7. The maximum absolute atomic E-state index is 12.0. The zero-order chi connectivity index (χ0) is 17.5. The molecule has 24 heavy (non-hydrogen) atoms. The second-order valence-corrected chi connectivity index (χ2v) is 6.44. The monoisotopic (exact) mass is 348 g/mol. The van der Waals surface area contributed by atoms with E-state index >= 15 is 0 Å². The van der Waals surface area contributed by atoms with E-state index in [0.717, 1.165) is 5.56 Å². The fraction of sp³-hybridized carbons (Fsp3) is 0.375. The van der Waals surface area contributed by atoms with Gasteiger partial charge in [0.25, 0.3) is 5.56 Å². The average molecular weight is 348 g/mol. The number of esters is 1. The number of nitrogen functional groups attached to an aromatic ring is 1. The van der Waals surface area contributed by atoms with Crippen LogP contribution in [0.5, 0.6) is 0 Å². The molecule has 0 atom stereocenters. The van der Waals surface area contributed by atoms with Crippen LogP contribution < -0.4 is 11.3 Å². The molecule has 7 nitrogen and oxygen atoms in total. The van der Waals surface area contributed by atoms with E-state index < -0.39 is 0 Å². The maximum Gasteiger partial charge on any atom is 0.306 e. The fourth-order valence-electron chi connectivity index (χ4n) is 1.88. The van der Waals surface area contributed by atoms with Crippen molar-refractivity contribution in [3.05, 3.63) is 45.9 Å². The van der Waals surface area contributed by atoms with Crippen LogP contribution in [0.15, 0.2) is 34.2 Å². The number of nitrogens with one attached hydrogen (secondary N) is 1. The van der Waals surface area contributed by atoms with E-state index in [2.05, 4.69) is 15.2 Å². The van der Waals surface area contributed by atoms with E-state index in [1.807, 2.05) is 24.3 Å². The second kappa shape index (κ2) is 8.49. The molecule has 8 heteroatoms. The fourth-order valence-corrected chi connectivity index (χ4v) is 2.64. The van der Waals surface area contributed by atoms with E-state index in [1.54, 1.807) is 13.8 Å². The van der Waals surface area contributed by atoms with Crippen molar-refractivity contribution >= 4 is 23.4 Å². The highest BCUT2D eigenvalue weighted by molar-refractivity contribution is 7.98. The lowest BCUT2D eigenvalue weighted by atomic mass is 10.2. The molecule has 0 radical (unpaired) electrons. The van der Waals surface area contributed by atoms with Gasteiger partial charge >= 0.3 is 5.97 Å². The van der Waals surface area contributed by atoms with Crippen molar-refractivity contribution in [3.8, 4) is 0 Å². The lowest BCUT2D eigenvalue weighted by molar-refractivity contribution is -0.147. The van der Waals surface area contributed by atoms with Crippen molar-refractivity contribution in [3.63, 3.8) is 0 Å². The summed E-state index contributed by atoms with van der Waals surface area (Å²) in [5, 5.41) is 8.34. The van der Waals surface area contributed by atoms with Gasteiger partial charge in [0.15, 0.2) is 5.16 Å². The number of H-pyrrole nitrogens is 1. The summed E-state index contributed by atoms with van der Waals surface area (Å²) in [4.78, 5) is 26.2. The van der Waals surface area contributed by atoms with Gasteiger partial charge in [-0.25, -0.2) is 0 Å². The third-order valence-corrected chi connectivity index (χ3v) is 3.97. The van der Waals surface area contributed by atoms with Crippen LogP contribution in [0.4, 0.5) is 5.69 Å². The molecule has 0 aliphatic heterocycles. The first kappa shape index (κ1) is 18.0. The molecule has 0 amide bonds. The number of carbonyl (C=O) groups excluding carboxylic acids is 1. The Morgan fingerprint density at radius 1 is 1.29 bits per heavy atom. The minimum Gasteiger partial charge on any atom is -0.463 e. The minimum atomic E-state index is -0.354. The predicted octanol–water partition coefficient (Wildman–Crippen LogP) is 1.92. The smallest absolute Gasteiger partial charge is 0.306 e. The van der Waals surface area contributed by atoms with Crippen molar-refractivity contribution in [2.24, 2.45) is 0 Å². The van der Waals surface area contributed by atoms with Crippen molar-refractivity contribution in [1.82, 2.24) is 15.2 Å². The molecule has 3 N–H and O–H groups in total. The zero-order valence-corrected chi connectivity index (χ0v) is 14.4. The lowest BCUT2D eigenvalue weighted by Crippen LogP contribution is -2.20. The Morgan fingerprint density at radius 2 is 2.00 bits per heavy atom. The predicted molar refractivity (Wildman–Crippen MR) is 92.6 cm³/mol. The second-order valence-electron chi connectivity index (χ2n) is 5.47. The molecule has 0 fully saturated rings. The van der Waals surface area contributed by atoms with E-state index in [0.29, 0.717) is 16.6 Å². The van der Waals surface area contributed by atoms with Crippen molar-refractivity contribution in [1.29, 1.82) is 0 Å². The summed E-state index contributed by atoms with van der Waals surface area (Å²) in [5.74, 6) is 0.290. The lowest BCUT2D eigenvalue weighted by Gasteiger charge is -2.07. The molecule has 0 spiro atoms. The van der Waals surface area contributed by atoms with Crippen molar-refractivity contribution in [2.75, 3.05) is 5.73 Å². The van der Waals surface area contributed by atoms with Gasteiger partial charge in [-0.05, 0) is 31.5 Å². The topological polar surface area (TPSA) is 111 Å². The van der Waals surface area contributed by atoms with E-state index in [1.165, 1.54) is 11.8 Å². The molecule has 0 bridgehead atoms. The molecule has 0 aliphatic carbocycles. The Labute approximate surface area is 144 Å². The summed E-state index contributed by atoms with van der Waals surface area (Å²) >= 11 is 1.37. The highest BCUT2D eigenvalue weighted by Crippen LogP contribution is 2.18. The first-order valence-corrected chi connectivity index (χ1v) is 8.55. The Kier molecular flexibility index (Phi) is 6.36. The molecule has 2 rings (SSSR count). The Bertz CT molecular complexity index is 744. The van der Waals surface area contributed by atoms with Crippen LogP contribution in [0.2, 0.25) is 0 Å². The van der Waals surface area contributed by atoms with Gasteiger partial charge in [0.05, 0.1) is 12.5 Å². The van der Waals surface area contributed by atoms with Crippen LogP contribution >= 0.6 is 11.8 Å². The van der Waals surface area contributed by atoms with Gasteiger partial charge in [-0.3, -0.25) is 14.6 Å². The molecule has 0 aliphatic rings. The highest BCUT2D eigenvalue weighted by Gasteiger charge is 2.10. The number of carbonyl (C=O) groups is 1. The molecule has 0 saturated heterocycles. The van der Waals surface area contributed by atoms with E-state index in [-0.39, 0.29) is 36.2 Å². The van der Waals surface area contributed by atoms with Crippen molar-refractivity contribution in [2.45, 2.75) is 43.7 Å². The van der Waals surface area contributed by atoms with Crippen molar-refractivity contribution < 1.29 is 9.53 Å². The Morgan fingerprint density at radius 3 is 2.62 bits per heavy atom. The molecule has 0 saturated carbocycles. The van der Waals surface area contributed by atoms with Crippen LogP contribution in [-0.4, -0.2) is 27.3 Å². The van der Waals surface area contributed by atoms with Crippen LogP contribution in [-0.2, 0) is 21.7 Å². The number of nitrogens with two attached hydrogens (primary N) is 1. The van der Waals surface area contributed by atoms with Gasteiger partial charge in [0, 0.05) is 17.9 Å². The number of hydrogen-bond donors (Lipinski definition) is 2. The summed E-state index contributed by atoms with van der Waals surface area (Å²) in [6, 6.07) is 7.48. The Balaban J connectivity index is 1.90. The molecule has 1 aromatic heterocycles. The van der Waals surface area contributed by atoms with Crippen LogP contribution in [0.3, 0.4) is 0 Å². The zero-order valence-electron chi connectivity index (χ0n) is 13.6. The van der Waals surface area contributed by atoms with Gasteiger partial charge in [-0.15, -0.1) is 10.2 Å². The summed E-state index contributed by atoms with van der Waals surface area (Å²) in [6.45, 7) is 3.55. The summed E-state index contributed by atoms with van der Waals surface area (Å²) in [7, 11) is 0. The number of aromatic nitrogens is 3. The largest absolute Gasteiger partial charge is 0.463 e. The van der Waals surface area contributed by atoms with E-state index in [9.17, 15) is 9.59 Å². The summed E-state index contributed by atoms with van der Waals surface area (Å²) in [6.07, 6.45) is 0.138. The highest BCUT2D eigenvalue weighted by atomic mass is 32.2. The molecule has 2 aromatic rings. The quantitative estimate of drug-likeness (QED) is 0.447. The summed E-state index contributed by atoms with van der Waals surface area (Å²) in [5.41, 5.74) is 7.31. The third kappa shape index (κ3) is 5.69. The number of aromatic amines is 1. The summed E-state index contributed by atoms with van der Waals surface area (Å²) < 4.78 is 5.02. The molecule has 0 unspecified atom stereocenters. The molecule has 1 aromatic carbocycles. The third-order valence-electron chi connectivity index (χ3n) is 3.03. The number of aryl methyl sites for hydroxylation is 1. The van der Waals surface area contributed by atoms with Crippen LogP contribution in [0, 0.1) is 0 Å². The molecular weight excluding hydrogens is 328 g/mol. The molecule has 128 valence electrons. The number of anilines is 1. The number of ether oxygens (including phenoxy) is 1. The van der Waals surface area contributed by atoms with Gasteiger partial charge in [-0.1, -0.05) is 23.9 Å². The first-order valence-electron chi connectivity index (χ1n) is 7.56. The number of nitrogens with zero attached hydrogens (tertiary/aromatic N) is 2. The minimum absolute atomic E-state index is 0.105. The SMILES string of the molecule is CC(C)OC(=O)CCc1nnc(SCc2ccc(N)cc2)[nH]c1=O. The van der Waals surface area contributed by atoms with Gasteiger partial charge < -0.3 is 10.5 Å². The van der Waals surface area contributed by atoms with Crippen LogP contribution in [0.1, 0.15) is 31.5 Å². The van der Waals surface area contributed by atoms with Gasteiger partial charge in [-0.2, -0.15) is 0 Å². The molecule has 1 heterocycles. The average Bonchev–Trinajstić information content (AvgIpc) is 2.53. The van der Waals surface area contributed by atoms with Gasteiger partial charge in [0.1, 0.15) is 5.69 Å². The molecular formula is C16H20N4O3S. The van der Waals surface area contributed by atoms with E-state index in [4.69, 9.17) is 10.5 Å². The number of thioether (sulfide) groups is 1. The normalized spacial score (nSPS) is 10.8. The van der Waals surface area contributed by atoms with Crippen LogP contribution in [0.25, 0.3) is 0 Å². The Hall–Kier alpha value is -2.35. The number of hydrogen-bond acceptors (Lipinski definition) is 7. The first-order chi connectivity index (χ1) is 11.4.